The lowest BCUT2D eigenvalue weighted by molar-refractivity contribution is -0.106. The van der Waals surface area contributed by atoms with E-state index in [9.17, 15) is 4.79 Å². The SMILES string of the molecule is COc1cc(C2=C(OP3Oc4c5c(cc6cccc(OP7OC8=C(C(C)(C)C)CC(OC)CC8c8cc(OC)cc(C(C)(C)C)c8O7)c46)C=CCC5O3)C(C(C)(C)C)CC(C(=O)I)=C2)c(OP2Oc3cccc4cccc(c34)O2)c(C(C)(C)C)c1. The third kappa shape index (κ3) is 11.4. The molecule has 3 aliphatic carbocycles. The Morgan fingerprint density at radius 1 is 0.647 bits per heavy atom. The van der Waals surface area contributed by atoms with Crippen LogP contribution in [0.3, 0.4) is 0 Å². The Morgan fingerprint density at radius 3 is 1.94 bits per heavy atom. The molecule has 0 fully saturated rings. The lowest BCUT2D eigenvalue weighted by Gasteiger charge is -2.39. The molecule has 0 bridgehead atoms. The number of carbonyl (C=O) groups is 1. The highest BCUT2D eigenvalue weighted by molar-refractivity contribution is 14.1. The maximum absolute atomic E-state index is 13.9. The number of ether oxygens (including phenoxy) is 3. The molecule has 6 aliphatic rings. The van der Waals surface area contributed by atoms with E-state index in [0.29, 0.717) is 82.6 Å². The minimum Gasteiger partial charge on any atom is -0.497 e. The van der Waals surface area contributed by atoms with Gasteiger partial charge in [-0.15, -0.1) is 0 Å². The summed E-state index contributed by atoms with van der Waals surface area (Å²) in [6, 6.07) is 28.2. The molecule has 0 spiro atoms. The highest BCUT2D eigenvalue weighted by Gasteiger charge is 2.47. The summed E-state index contributed by atoms with van der Waals surface area (Å²) in [4.78, 5) is 13.9. The van der Waals surface area contributed by atoms with Crippen LogP contribution in [0.15, 0.2) is 120 Å². The Labute approximate surface area is 516 Å². The molecule has 12 rings (SSSR count). The summed E-state index contributed by atoms with van der Waals surface area (Å²) >= 11 is 1.90. The van der Waals surface area contributed by atoms with Crippen LogP contribution in [0.5, 0.6) is 46.0 Å². The highest BCUT2D eigenvalue weighted by atomic mass is 127. The van der Waals surface area contributed by atoms with E-state index in [-0.39, 0.29) is 32.6 Å². The fourth-order valence-electron chi connectivity index (χ4n) is 12.4. The molecule has 13 nitrogen and oxygen atoms in total. The molecule has 85 heavy (non-hydrogen) atoms. The van der Waals surface area contributed by atoms with E-state index in [2.05, 4.69) is 120 Å². The summed E-state index contributed by atoms with van der Waals surface area (Å²) in [6.45, 7) is 26.1. The molecule has 6 unspecified atom stereocenters. The minimum atomic E-state index is -2.21. The van der Waals surface area contributed by atoms with Crippen LogP contribution in [-0.2, 0) is 33.9 Å². The van der Waals surface area contributed by atoms with Gasteiger partial charge in [-0.25, -0.2) is 0 Å². The second-order valence-corrected chi connectivity index (χ2v) is 30.7. The number of carbonyl (C=O) groups excluding carboxylic acids is 1. The molecule has 0 radical (unpaired) electrons. The number of hydrogen-bond donors (Lipinski definition) is 0. The Morgan fingerprint density at radius 2 is 1.29 bits per heavy atom. The Balaban J connectivity index is 0.993. The quantitative estimate of drug-likeness (QED) is 0.0694. The van der Waals surface area contributed by atoms with Gasteiger partial charge in [-0.3, -0.25) is 9.32 Å². The fourth-order valence-corrected chi connectivity index (χ4v) is 16.2. The largest absolute Gasteiger partial charge is 0.530 e. The van der Waals surface area contributed by atoms with Crippen LogP contribution in [0, 0.1) is 16.7 Å². The zero-order valence-corrected chi connectivity index (χ0v) is 55.8. The number of rotatable bonds is 11. The Bertz CT molecular complexity index is 3780. The summed E-state index contributed by atoms with van der Waals surface area (Å²) in [7, 11) is -1.26. The smallest absolute Gasteiger partial charge is 0.497 e. The van der Waals surface area contributed by atoms with Crippen molar-refractivity contribution in [2.75, 3.05) is 21.3 Å². The summed E-state index contributed by atoms with van der Waals surface area (Å²) in [5.41, 5.74) is 6.20. The number of halogens is 1. The topological polar surface area (TPSA) is 128 Å². The number of benzene rings is 6. The van der Waals surface area contributed by atoms with E-state index in [1.54, 1.807) is 21.3 Å². The fraction of sp³-hybridized carbons (Fsp3) is 0.397. The third-order valence-corrected chi connectivity index (χ3v) is 20.7. The molecule has 3 aliphatic heterocycles. The number of allylic oxidation sites excluding steroid dienone is 5. The third-order valence-electron chi connectivity index (χ3n) is 16.8. The van der Waals surface area contributed by atoms with Crippen LogP contribution in [0.4, 0.5) is 0 Å². The van der Waals surface area contributed by atoms with Gasteiger partial charge in [0.25, 0.3) is 0 Å². The van der Waals surface area contributed by atoms with Crippen molar-refractivity contribution in [2.45, 2.75) is 138 Å². The van der Waals surface area contributed by atoms with Crippen molar-refractivity contribution in [3.63, 3.8) is 0 Å². The molecule has 6 aromatic carbocycles. The van der Waals surface area contributed by atoms with Gasteiger partial charge in [-0.2, -0.15) is 0 Å². The monoisotopic (exact) mass is 1320 g/mol. The minimum absolute atomic E-state index is 0.0379. The molecule has 0 amide bonds. The van der Waals surface area contributed by atoms with Gasteiger partial charge < -0.3 is 50.4 Å². The molecule has 6 atom stereocenters. The van der Waals surface area contributed by atoms with Crippen molar-refractivity contribution in [2.24, 2.45) is 16.7 Å². The van der Waals surface area contributed by atoms with Crippen molar-refractivity contribution in [3.8, 4) is 46.0 Å². The summed E-state index contributed by atoms with van der Waals surface area (Å²) in [5.74, 6) is 5.94. The molecule has 3 heterocycles. The van der Waals surface area contributed by atoms with Crippen molar-refractivity contribution >= 4 is 85.4 Å². The first-order valence-corrected chi connectivity index (χ1v) is 33.3. The van der Waals surface area contributed by atoms with Crippen LogP contribution >= 0.6 is 48.4 Å². The normalized spacial score (nSPS) is 22.1. The van der Waals surface area contributed by atoms with Crippen molar-refractivity contribution in [1.82, 2.24) is 0 Å². The zero-order chi connectivity index (χ0) is 60.2. The van der Waals surface area contributed by atoms with Gasteiger partial charge in [0, 0.05) is 80.5 Å². The van der Waals surface area contributed by atoms with Crippen LogP contribution in [-0.4, -0.2) is 31.2 Å². The molecule has 17 heteroatoms. The first-order chi connectivity index (χ1) is 40.3. The van der Waals surface area contributed by atoms with Gasteiger partial charge in [-0.1, -0.05) is 132 Å². The molecular formula is C68H74IO13P3. The molecule has 0 N–H and O–H groups in total. The average molecular weight is 1320 g/mol. The second kappa shape index (κ2) is 22.5. The lowest BCUT2D eigenvalue weighted by atomic mass is 9.71. The van der Waals surface area contributed by atoms with Gasteiger partial charge in [0.05, 0.1) is 31.1 Å². The van der Waals surface area contributed by atoms with Gasteiger partial charge in [0.15, 0.2) is 0 Å². The molecule has 6 aromatic rings. The van der Waals surface area contributed by atoms with Crippen molar-refractivity contribution < 1.29 is 59.7 Å². The standard InChI is InChI=1S/C68H74IO13P3/c1-65(2,3)48-30-40(64(69)70)29-44(45-31-41(71-13)34-49(66(4,5)6)60(45)78-83-74-52-24-16-20-37-21-17-25-53(75-83)56(37)52)59(48)79-85-77-55-27-19-23-39-28-38-22-18-26-54(57(38)63(82-85)58(39)55)76-84-80-61-46(32-42(72-14)35-50(61)67(7,8)9)47-33-43(73-15)36-51(62(47)81-84)68(10,11)12/h16-26,28-29,31-32,34-35,43,47-48,55H,27,30,33,36H2,1-15H3. The average Bonchev–Trinajstić information content (AvgIpc) is 1.75. The van der Waals surface area contributed by atoms with Gasteiger partial charge >= 0.3 is 25.8 Å². The van der Waals surface area contributed by atoms with E-state index in [1.807, 2.05) is 89.3 Å². The van der Waals surface area contributed by atoms with Crippen LogP contribution in [0.2, 0.25) is 0 Å². The molecule has 0 saturated carbocycles. The summed E-state index contributed by atoms with van der Waals surface area (Å²) < 4.78 is 82.1. The van der Waals surface area contributed by atoms with Gasteiger partial charge in [0.1, 0.15) is 63.6 Å². The van der Waals surface area contributed by atoms with E-state index in [4.69, 9.17) is 54.9 Å². The first-order valence-electron chi connectivity index (χ1n) is 28.9. The van der Waals surface area contributed by atoms with Crippen LogP contribution in [0.1, 0.15) is 154 Å². The van der Waals surface area contributed by atoms with Crippen LogP contribution < -0.4 is 36.6 Å². The lowest BCUT2D eigenvalue weighted by Crippen LogP contribution is -2.29. The predicted molar refractivity (Wildman–Crippen MR) is 346 cm³/mol. The zero-order valence-electron chi connectivity index (χ0n) is 51.0. The summed E-state index contributed by atoms with van der Waals surface area (Å²) in [5, 5.41) is 3.52. The number of methoxy groups -OCH3 is 3. The predicted octanol–water partition coefficient (Wildman–Crippen LogP) is 20.1. The van der Waals surface area contributed by atoms with Crippen molar-refractivity contribution in [3.05, 3.63) is 153 Å². The Hall–Kier alpha value is -5.59. The second-order valence-electron chi connectivity index (χ2n) is 26.7. The molecule has 0 aromatic heterocycles. The molecular weight excluding hydrogens is 1240 g/mol. The maximum atomic E-state index is 13.9. The molecule has 446 valence electrons. The highest BCUT2D eigenvalue weighted by Crippen LogP contribution is 2.65. The van der Waals surface area contributed by atoms with Crippen molar-refractivity contribution in [1.29, 1.82) is 0 Å². The summed E-state index contributed by atoms with van der Waals surface area (Å²) in [6.07, 6.45) is 8.11. The molecule has 0 saturated heterocycles. The van der Waals surface area contributed by atoms with Gasteiger partial charge in [0.2, 0.25) is 3.79 Å². The maximum Gasteiger partial charge on any atom is 0.530 e. The van der Waals surface area contributed by atoms with Crippen LogP contribution in [0.25, 0.3) is 33.2 Å². The Kier molecular flexibility index (Phi) is 15.8. The van der Waals surface area contributed by atoms with E-state index in [1.165, 1.54) is 0 Å². The van der Waals surface area contributed by atoms with E-state index < -0.39 is 42.7 Å². The first kappa shape index (κ1) is 59.7. The van der Waals surface area contributed by atoms with E-state index in [0.717, 1.165) is 72.2 Å². The number of hydrogen-bond acceptors (Lipinski definition) is 13. The van der Waals surface area contributed by atoms with E-state index >= 15 is 0 Å². The number of fused-ring (bicyclic) bond motifs is 5. The van der Waals surface area contributed by atoms with Gasteiger partial charge in [-0.05, 0) is 124 Å².